The Bertz CT molecular complexity index is 1140. The van der Waals surface area contributed by atoms with Crippen molar-refractivity contribution in [2.24, 2.45) is 5.10 Å². The number of anilines is 2. The molecule has 0 atom stereocenters. The first-order valence-corrected chi connectivity index (χ1v) is 11.1. The molecule has 34 heavy (non-hydrogen) atoms. The molecular weight excluding hydrogens is 564 g/mol. The van der Waals surface area contributed by atoms with Gasteiger partial charge in [-0.1, -0.05) is 18.2 Å². The number of hydrogen-bond donors (Lipinski definition) is 2. The number of ether oxygens (including phenoxy) is 2. The number of carbonyl (C=O) groups is 1. The van der Waals surface area contributed by atoms with Crippen LogP contribution < -0.4 is 20.2 Å². The fourth-order valence-electron chi connectivity index (χ4n) is 2.72. The highest BCUT2D eigenvalue weighted by Gasteiger charge is 2.30. The highest BCUT2D eigenvalue weighted by molar-refractivity contribution is 14.1. The van der Waals surface area contributed by atoms with Gasteiger partial charge in [0.1, 0.15) is 5.82 Å². The zero-order valence-corrected chi connectivity index (χ0v) is 20.1. The average Bonchev–Trinajstić information content (AvgIpc) is 2.79. The number of carbonyl (C=O) groups excluding carboxylic acids is 1. The monoisotopic (exact) mass is 584 g/mol. The summed E-state index contributed by atoms with van der Waals surface area (Å²) in [5.74, 6) is 0.688. The molecule has 2 N–H and O–H groups in total. The minimum atomic E-state index is -4.45. The number of aromatic nitrogens is 1. The molecule has 3 rings (SSSR count). The Hall–Kier alpha value is -3.35. The maximum absolute atomic E-state index is 12.6. The number of amides is 1. The van der Waals surface area contributed by atoms with E-state index >= 15 is 0 Å². The third kappa shape index (κ3) is 7.33. The second kappa shape index (κ2) is 11.7. The lowest BCUT2D eigenvalue weighted by Crippen LogP contribution is -2.20. The highest BCUT2D eigenvalue weighted by atomic mass is 127. The van der Waals surface area contributed by atoms with Crippen molar-refractivity contribution < 1.29 is 27.4 Å². The number of nitrogens with one attached hydrogen (secondary N) is 2. The Morgan fingerprint density at radius 3 is 2.56 bits per heavy atom. The van der Waals surface area contributed by atoms with E-state index in [9.17, 15) is 18.0 Å². The normalized spacial score (nSPS) is 11.3. The van der Waals surface area contributed by atoms with Crippen LogP contribution in [0.3, 0.4) is 0 Å². The topological polar surface area (TPSA) is 84.8 Å². The number of halogens is 4. The maximum atomic E-state index is 12.6. The van der Waals surface area contributed by atoms with Crippen molar-refractivity contribution in [2.45, 2.75) is 13.1 Å². The smallest absolute Gasteiger partial charge is 0.417 e. The number of para-hydroxylation sites is 1. The van der Waals surface area contributed by atoms with E-state index < -0.39 is 11.7 Å². The van der Waals surface area contributed by atoms with Crippen LogP contribution in [0.4, 0.5) is 24.7 Å². The van der Waals surface area contributed by atoms with Gasteiger partial charge in [-0.05, 0) is 71.5 Å². The Morgan fingerprint density at radius 2 is 1.91 bits per heavy atom. The van der Waals surface area contributed by atoms with Gasteiger partial charge in [-0.25, -0.2) is 4.98 Å². The Kier molecular flexibility index (Phi) is 8.68. The number of rotatable bonds is 9. The number of alkyl halides is 3. The summed E-state index contributed by atoms with van der Waals surface area (Å²) in [6, 6.07) is 14.6. The van der Waals surface area contributed by atoms with Crippen LogP contribution in [-0.2, 0) is 11.0 Å². The van der Waals surface area contributed by atoms with E-state index in [-0.39, 0.29) is 18.3 Å². The van der Waals surface area contributed by atoms with Gasteiger partial charge in [-0.2, -0.15) is 18.3 Å². The summed E-state index contributed by atoms with van der Waals surface area (Å²) in [5.41, 5.74) is 3.05. The molecule has 0 fully saturated rings. The molecule has 11 heteroatoms. The fraction of sp³-hybridized carbons (Fsp3) is 0.174. The molecule has 0 unspecified atom stereocenters. The molecule has 0 saturated carbocycles. The van der Waals surface area contributed by atoms with Crippen molar-refractivity contribution in [3.05, 3.63) is 75.5 Å². The molecule has 1 amide bonds. The lowest BCUT2D eigenvalue weighted by molar-refractivity contribution is -0.137. The van der Waals surface area contributed by atoms with Crippen LogP contribution in [0.1, 0.15) is 18.1 Å². The highest BCUT2D eigenvalue weighted by Crippen LogP contribution is 2.34. The molecule has 0 bridgehead atoms. The van der Waals surface area contributed by atoms with E-state index in [1.54, 1.807) is 24.3 Å². The zero-order valence-electron chi connectivity index (χ0n) is 17.9. The summed E-state index contributed by atoms with van der Waals surface area (Å²) >= 11 is 2.06. The summed E-state index contributed by atoms with van der Waals surface area (Å²) in [5, 5.41) is 6.76. The van der Waals surface area contributed by atoms with Gasteiger partial charge in [0.05, 0.1) is 22.0 Å². The predicted octanol–water partition coefficient (Wildman–Crippen LogP) is 5.57. The van der Waals surface area contributed by atoms with E-state index in [2.05, 4.69) is 43.4 Å². The molecular formula is C23H20F3IN4O3. The van der Waals surface area contributed by atoms with E-state index in [4.69, 9.17) is 9.47 Å². The lowest BCUT2D eigenvalue weighted by Gasteiger charge is -2.14. The molecule has 0 aliphatic carbocycles. The van der Waals surface area contributed by atoms with Gasteiger partial charge in [0.15, 0.2) is 18.1 Å². The third-order valence-corrected chi connectivity index (χ3v) is 5.02. The third-order valence-electron chi connectivity index (χ3n) is 4.22. The van der Waals surface area contributed by atoms with Crippen LogP contribution in [0.25, 0.3) is 0 Å². The first-order chi connectivity index (χ1) is 16.3. The molecule has 0 saturated heterocycles. The quantitative estimate of drug-likeness (QED) is 0.195. The van der Waals surface area contributed by atoms with Gasteiger partial charge in [-0.15, -0.1) is 0 Å². The molecule has 3 aromatic rings. The number of benzene rings is 2. The molecule has 0 aliphatic heterocycles. The second-order valence-corrected chi connectivity index (χ2v) is 7.93. The number of hydrogen-bond acceptors (Lipinski definition) is 6. The van der Waals surface area contributed by atoms with Gasteiger partial charge in [0.2, 0.25) is 0 Å². The fourth-order valence-corrected chi connectivity index (χ4v) is 3.50. The van der Waals surface area contributed by atoms with Gasteiger partial charge in [0.25, 0.3) is 5.91 Å². The van der Waals surface area contributed by atoms with Crippen LogP contribution in [0, 0.1) is 3.57 Å². The molecule has 0 radical (unpaired) electrons. The van der Waals surface area contributed by atoms with Crippen molar-refractivity contribution in [1.29, 1.82) is 0 Å². The summed E-state index contributed by atoms with van der Waals surface area (Å²) in [6.07, 6.45) is -2.25. The van der Waals surface area contributed by atoms with Crippen molar-refractivity contribution in [2.75, 3.05) is 24.0 Å². The van der Waals surface area contributed by atoms with Crippen molar-refractivity contribution in [3.63, 3.8) is 0 Å². The average molecular weight is 584 g/mol. The summed E-state index contributed by atoms with van der Waals surface area (Å²) in [4.78, 5) is 15.9. The van der Waals surface area contributed by atoms with Gasteiger partial charge in [-0.3, -0.25) is 10.2 Å². The lowest BCUT2D eigenvalue weighted by atomic mass is 10.2. The Labute approximate surface area is 207 Å². The molecule has 7 nitrogen and oxygen atoms in total. The molecule has 1 heterocycles. The first kappa shape index (κ1) is 25.3. The molecule has 2 aromatic carbocycles. The number of pyridine rings is 1. The van der Waals surface area contributed by atoms with Crippen LogP contribution in [-0.4, -0.2) is 30.3 Å². The SMILES string of the molecule is CCOc1cc(/C=N\Nc2ccc(C(F)(F)F)cn2)cc(I)c1OCC(=O)Nc1ccccc1. The standard InChI is InChI=1S/C23H20F3IN4O3/c1-2-33-19-11-15(12-29-31-20-9-8-16(13-28-20)23(24,25)26)10-18(27)22(19)34-14-21(32)30-17-6-4-3-5-7-17/h3-13H,2,14H2,1H3,(H,28,31)(H,30,32)/b29-12-. The minimum absolute atomic E-state index is 0.161. The summed E-state index contributed by atoms with van der Waals surface area (Å²) < 4.78 is 49.9. The van der Waals surface area contributed by atoms with Crippen molar-refractivity contribution in [3.8, 4) is 11.5 Å². The Balaban J connectivity index is 1.66. The summed E-state index contributed by atoms with van der Waals surface area (Å²) in [6.45, 7) is 1.98. The van der Waals surface area contributed by atoms with E-state index in [0.29, 0.717) is 32.9 Å². The van der Waals surface area contributed by atoms with E-state index in [0.717, 1.165) is 12.3 Å². The zero-order chi connectivity index (χ0) is 24.6. The van der Waals surface area contributed by atoms with Crippen LogP contribution in [0.5, 0.6) is 11.5 Å². The summed E-state index contributed by atoms with van der Waals surface area (Å²) in [7, 11) is 0. The van der Waals surface area contributed by atoms with Gasteiger partial charge in [0, 0.05) is 11.9 Å². The molecule has 0 spiro atoms. The van der Waals surface area contributed by atoms with Crippen LogP contribution in [0.15, 0.2) is 65.9 Å². The maximum Gasteiger partial charge on any atom is 0.417 e. The van der Waals surface area contributed by atoms with E-state index in [1.165, 1.54) is 12.3 Å². The first-order valence-electron chi connectivity index (χ1n) is 10.0. The van der Waals surface area contributed by atoms with E-state index in [1.807, 2.05) is 25.1 Å². The number of nitrogens with zero attached hydrogens (tertiary/aromatic N) is 2. The van der Waals surface area contributed by atoms with Crippen molar-refractivity contribution in [1.82, 2.24) is 4.98 Å². The van der Waals surface area contributed by atoms with Crippen molar-refractivity contribution >= 4 is 46.2 Å². The van der Waals surface area contributed by atoms with Gasteiger partial charge >= 0.3 is 6.18 Å². The van der Waals surface area contributed by atoms with Gasteiger partial charge < -0.3 is 14.8 Å². The van der Waals surface area contributed by atoms with Crippen LogP contribution in [0.2, 0.25) is 0 Å². The Morgan fingerprint density at radius 1 is 1.15 bits per heavy atom. The molecule has 1 aromatic heterocycles. The molecule has 0 aliphatic rings. The molecule has 178 valence electrons. The van der Waals surface area contributed by atoms with Crippen LogP contribution >= 0.6 is 22.6 Å². The largest absolute Gasteiger partial charge is 0.490 e. The minimum Gasteiger partial charge on any atom is -0.490 e. The number of hydrazone groups is 1. The predicted molar refractivity (Wildman–Crippen MR) is 131 cm³/mol. The second-order valence-electron chi connectivity index (χ2n) is 6.77.